The van der Waals surface area contributed by atoms with Crippen LogP contribution in [0.4, 0.5) is 0 Å². The van der Waals surface area contributed by atoms with Gasteiger partial charge in [-0.05, 0) is 19.4 Å². The Balaban J connectivity index is 2.13. The van der Waals surface area contributed by atoms with Gasteiger partial charge in [0.05, 0.1) is 12.7 Å². The average Bonchev–Trinajstić information content (AvgIpc) is 2.62. The Morgan fingerprint density at radius 3 is 2.56 bits per heavy atom. The molecule has 1 aliphatic rings. The van der Waals surface area contributed by atoms with Crippen molar-refractivity contribution in [2.45, 2.75) is 31.7 Å². The highest BCUT2D eigenvalue weighted by Gasteiger charge is 2.37. The van der Waals surface area contributed by atoms with Crippen LogP contribution in [0.15, 0.2) is 30.3 Å². The molecular weight excluding hydrogens is 202 g/mol. The van der Waals surface area contributed by atoms with Crippen molar-refractivity contribution >= 4 is 0 Å². The van der Waals surface area contributed by atoms with Crippen LogP contribution in [0.1, 0.15) is 25.3 Å². The number of nitrogens with two attached hydrogens (primary N) is 1. The van der Waals surface area contributed by atoms with E-state index in [0.29, 0.717) is 13.2 Å². The van der Waals surface area contributed by atoms with E-state index in [1.807, 2.05) is 32.0 Å². The molecule has 0 aromatic heterocycles. The number of benzene rings is 1. The molecule has 88 valence electrons. The molecule has 1 unspecified atom stereocenters. The molecule has 3 heteroatoms. The lowest BCUT2D eigenvalue weighted by Crippen LogP contribution is -2.30. The second-order valence-corrected chi connectivity index (χ2v) is 4.62. The predicted molar refractivity (Wildman–Crippen MR) is 63.1 cm³/mol. The smallest absolute Gasteiger partial charge is 0.163 e. The molecule has 2 rings (SSSR count). The van der Waals surface area contributed by atoms with E-state index in [0.717, 1.165) is 0 Å². The van der Waals surface area contributed by atoms with E-state index in [9.17, 15) is 0 Å². The minimum absolute atomic E-state index is 0.0578. The lowest BCUT2D eigenvalue weighted by Gasteiger charge is -2.23. The maximum Gasteiger partial charge on any atom is 0.163 e. The van der Waals surface area contributed by atoms with E-state index in [2.05, 4.69) is 12.1 Å². The summed E-state index contributed by atoms with van der Waals surface area (Å²) in [5.41, 5.74) is 7.06. The highest BCUT2D eigenvalue weighted by molar-refractivity contribution is 5.21. The Bertz CT molecular complexity index is 337. The van der Waals surface area contributed by atoms with Crippen LogP contribution in [-0.2, 0) is 9.47 Å². The molecule has 1 aliphatic heterocycles. The lowest BCUT2D eigenvalue weighted by atomic mass is 9.94. The van der Waals surface area contributed by atoms with Gasteiger partial charge < -0.3 is 15.2 Å². The Kier molecular flexibility index (Phi) is 3.28. The van der Waals surface area contributed by atoms with Crippen molar-refractivity contribution in [2.24, 2.45) is 5.73 Å². The first kappa shape index (κ1) is 11.6. The number of ether oxygens (including phenoxy) is 2. The lowest BCUT2D eigenvalue weighted by molar-refractivity contribution is -0.140. The molecule has 1 aromatic carbocycles. The van der Waals surface area contributed by atoms with Crippen LogP contribution in [0.5, 0.6) is 0 Å². The van der Waals surface area contributed by atoms with Gasteiger partial charge in [-0.2, -0.15) is 0 Å². The molecule has 0 bridgehead atoms. The molecule has 0 saturated carbocycles. The van der Waals surface area contributed by atoms with Gasteiger partial charge in [0, 0.05) is 12.5 Å². The van der Waals surface area contributed by atoms with E-state index < -0.39 is 5.79 Å². The first-order valence-corrected chi connectivity index (χ1v) is 5.69. The van der Waals surface area contributed by atoms with Gasteiger partial charge in [-0.15, -0.1) is 0 Å². The average molecular weight is 221 g/mol. The molecule has 0 aliphatic carbocycles. The summed E-state index contributed by atoms with van der Waals surface area (Å²) in [4.78, 5) is 0. The van der Waals surface area contributed by atoms with Crippen molar-refractivity contribution in [3.63, 3.8) is 0 Å². The van der Waals surface area contributed by atoms with Gasteiger partial charge in [-0.25, -0.2) is 0 Å². The van der Waals surface area contributed by atoms with Crippen LogP contribution < -0.4 is 5.73 Å². The summed E-state index contributed by atoms with van der Waals surface area (Å²) in [5, 5.41) is 0. The second kappa shape index (κ2) is 4.53. The van der Waals surface area contributed by atoms with Crippen molar-refractivity contribution in [3.8, 4) is 0 Å². The van der Waals surface area contributed by atoms with Crippen LogP contribution in [0.3, 0.4) is 0 Å². The van der Waals surface area contributed by atoms with Gasteiger partial charge in [-0.1, -0.05) is 30.3 Å². The zero-order valence-corrected chi connectivity index (χ0v) is 9.85. The molecule has 0 amide bonds. The molecular formula is C13H19NO2. The van der Waals surface area contributed by atoms with Gasteiger partial charge in [0.1, 0.15) is 0 Å². The predicted octanol–water partition coefficient (Wildman–Crippen LogP) is 1.88. The number of hydrogen-bond acceptors (Lipinski definition) is 3. The van der Waals surface area contributed by atoms with Crippen molar-refractivity contribution in [1.82, 2.24) is 0 Å². The highest BCUT2D eigenvalue weighted by atomic mass is 16.7. The monoisotopic (exact) mass is 221 g/mol. The summed E-state index contributed by atoms with van der Waals surface area (Å²) in [6.07, 6.45) is 0.0578. The van der Waals surface area contributed by atoms with Gasteiger partial charge in [-0.3, -0.25) is 0 Å². The van der Waals surface area contributed by atoms with Crippen LogP contribution in [-0.4, -0.2) is 25.0 Å². The summed E-state index contributed by atoms with van der Waals surface area (Å²) in [6.45, 7) is 5.06. The first-order valence-electron chi connectivity index (χ1n) is 5.69. The topological polar surface area (TPSA) is 44.5 Å². The molecule has 1 fully saturated rings. The molecule has 3 nitrogen and oxygen atoms in total. The fraction of sp³-hybridized carbons (Fsp3) is 0.538. The minimum Gasteiger partial charge on any atom is -0.348 e. The van der Waals surface area contributed by atoms with Crippen LogP contribution in [0, 0.1) is 0 Å². The fourth-order valence-electron chi connectivity index (χ4n) is 2.12. The second-order valence-electron chi connectivity index (χ2n) is 4.62. The third kappa shape index (κ3) is 2.43. The Hall–Kier alpha value is -0.900. The standard InChI is InChI=1S/C13H19NO2/c1-13(2)15-9-12(16-13)11(8-14)10-6-4-3-5-7-10/h3-7,11-12H,8-9,14H2,1-2H3/t11?,12-/m0/s1. The molecule has 2 N–H and O–H groups in total. The molecule has 0 radical (unpaired) electrons. The van der Waals surface area contributed by atoms with Crippen molar-refractivity contribution in [2.75, 3.05) is 13.2 Å². The Labute approximate surface area is 96.5 Å². The number of rotatable bonds is 3. The minimum atomic E-state index is -0.479. The van der Waals surface area contributed by atoms with E-state index in [1.165, 1.54) is 5.56 Å². The van der Waals surface area contributed by atoms with Crippen molar-refractivity contribution < 1.29 is 9.47 Å². The Morgan fingerprint density at radius 1 is 1.38 bits per heavy atom. The highest BCUT2D eigenvalue weighted by Crippen LogP contribution is 2.31. The fourth-order valence-corrected chi connectivity index (χ4v) is 2.12. The van der Waals surface area contributed by atoms with Crippen LogP contribution in [0.25, 0.3) is 0 Å². The Morgan fingerprint density at radius 2 is 2.06 bits per heavy atom. The van der Waals surface area contributed by atoms with Crippen molar-refractivity contribution in [3.05, 3.63) is 35.9 Å². The summed E-state index contributed by atoms with van der Waals surface area (Å²) >= 11 is 0. The van der Waals surface area contributed by atoms with E-state index in [-0.39, 0.29) is 12.0 Å². The van der Waals surface area contributed by atoms with Gasteiger partial charge in [0.25, 0.3) is 0 Å². The molecule has 16 heavy (non-hydrogen) atoms. The SMILES string of the molecule is CC1(C)OC[C@@H](C(CN)c2ccccc2)O1. The summed E-state index contributed by atoms with van der Waals surface area (Å²) < 4.78 is 11.4. The van der Waals surface area contributed by atoms with Gasteiger partial charge in [0.2, 0.25) is 0 Å². The van der Waals surface area contributed by atoms with Gasteiger partial charge in [0.15, 0.2) is 5.79 Å². The van der Waals surface area contributed by atoms with Crippen LogP contribution >= 0.6 is 0 Å². The van der Waals surface area contributed by atoms with Crippen molar-refractivity contribution in [1.29, 1.82) is 0 Å². The quantitative estimate of drug-likeness (QED) is 0.847. The molecule has 1 aromatic rings. The molecule has 0 spiro atoms. The van der Waals surface area contributed by atoms with Gasteiger partial charge >= 0.3 is 0 Å². The molecule has 1 heterocycles. The largest absolute Gasteiger partial charge is 0.348 e. The summed E-state index contributed by atoms with van der Waals surface area (Å²) in [5.74, 6) is -0.268. The van der Waals surface area contributed by atoms with E-state index in [4.69, 9.17) is 15.2 Å². The van der Waals surface area contributed by atoms with E-state index in [1.54, 1.807) is 0 Å². The zero-order valence-electron chi connectivity index (χ0n) is 9.85. The molecule has 1 saturated heterocycles. The first-order chi connectivity index (χ1) is 7.62. The third-order valence-electron chi connectivity index (χ3n) is 2.96. The van der Waals surface area contributed by atoms with E-state index >= 15 is 0 Å². The molecule has 2 atom stereocenters. The summed E-state index contributed by atoms with van der Waals surface area (Å²) in [6, 6.07) is 10.2. The maximum absolute atomic E-state index is 5.85. The summed E-state index contributed by atoms with van der Waals surface area (Å²) in [7, 11) is 0. The normalized spacial score (nSPS) is 25.6. The third-order valence-corrected chi connectivity index (χ3v) is 2.96. The maximum atomic E-state index is 5.85. The zero-order chi connectivity index (χ0) is 11.6. The number of hydrogen-bond donors (Lipinski definition) is 1. The van der Waals surface area contributed by atoms with Crippen LogP contribution in [0.2, 0.25) is 0 Å².